The Kier molecular flexibility index (Phi) is 7.48. The molecule has 2 N–H and O–H groups in total. The summed E-state index contributed by atoms with van der Waals surface area (Å²) in [6.45, 7) is 1.03. The molecule has 0 saturated carbocycles. The van der Waals surface area contributed by atoms with E-state index in [1.54, 1.807) is 66.7 Å². The highest BCUT2D eigenvalue weighted by Gasteiger charge is 2.19. The van der Waals surface area contributed by atoms with Crippen molar-refractivity contribution in [3.63, 3.8) is 0 Å². The second-order valence-electron chi connectivity index (χ2n) is 6.99. The van der Waals surface area contributed by atoms with Gasteiger partial charge in [0, 0.05) is 22.4 Å². The summed E-state index contributed by atoms with van der Waals surface area (Å²) in [5.41, 5.74) is 1.80. The van der Waals surface area contributed by atoms with E-state index in [2.05, 4.69) is 10.6 Å². The summed E-state index contributed by atoms with van der Waals surface area (Å²) in [5, 5.41) is 5.28. The Morgan fingerprint density at radius 1 is 0.719 bits per heavy atom. The zero-order chi connectivity index (χ0) is 22.9. The Hall–Kier alpha value is -4.26. The van der Waals surface area contributed by atoms with Gasteiger partial charge in [-0.05, 0) is 55.5 Å². The fourth-order valence-corrected chi connectivity index (χ4v) is 2.81. The number of ketones is 1. The summed E-state index contributed by atoms with van der Waals surface area (Å²) in [7, 11) is 0. The normalized spacial score (nSPS) is 11.2. The van der Waals surface area contributed by atoms with Crippen molar-refractivity contribution in [2.24, 2.45) is 0 Å². The molecule has 7 nitrogen and oxygen atoms in total. The van der Waals surface area contributed by atoms with Gasteiger partial charge in [-0.25, -0.2) is 4.79 Å². The molecule has 1 atom stereocenters. The van der Waals surface area contributed by atoms with Gasteiger partial charge < -0.3 is 15.4 Å². The van der Waals surface area contributed by atoms with E-state index in [0.717, 1.165) is 0 Å². The van der Waals surface area contributed by atoms with E-state index >= 15 is 0 Å². The lowest BCUT2D eigenvalue weighted by molar-refractivity contribution is -0.144. The summed E-state index contributed by atoms with van der Waals surface area (Å²) in [4.78, 5) is 48.7. The van der Waals surface area contributed by atoms with Crippen molar-refractivity contribution in [1.29, 1.82) is 0 Å². The molecule has 3 rings (SSSR count). The van der Waals surface area contributed by atoms with Gasteiger partial charge in [0.15, 0.2) is 12.4 Å². The van der Waals surface area contributed by atoms with Crippen LogP contribution in [0.2, 0.25) is 0 Å². The molecule has 0 bridgehead atoms. The molecule has 0 saturated heterocycles. The van der Waals surface area contributed by atoms with Crippen LogP contribution in [0.5, 0.6) is 0 Å². The number of ether oxygens (including phenoxy) is 1. The maximum atomic E-state index is 12.3. The third kappa shape index (κ3) is 6.12. The van der Waals surface area contributed by atoms with E-state index in [1.807, 2.05) is 6.07 Å². The molecule has 0 fully saturated rings. The molecule has 0 aliphatic rings. The van der Waals surface area contributed by atoms with E-state index in [1.165, 1.54) is 19.1 Å². The number of benzene rings is 3. The number of carbonyl (C=O) groups excluding carboxylic acids is 4. The van der Waals surface area contributed by atoms with Crippen LogP contribution in [0.25, 0.3) is 0 Å². The zero-order valence-corrected chi connectivity index (χ0v) is 17.4. The van der Waals surface area contributed by atoms with E-state index in [9.17, 15) is 19.2 Å². The van der Waals surface area contributed by atoms with Crippen LogP contribution >= 0.6 is 0 Å². The lowest BCUT2D eigenvalue weighted by Crippen LogP contribution is -2.40. The lowest BCUT2D eigenvalue weighted by Gasteiger charge is -2.13. The minimum absolute atomic E-state index is 0.259. The Bertz CT molecular complexity index is 1100. The standard InChI is InChI=1S/C25H22N2O5/c1-17(26-23(29)19-8-4-2-5-9-19)25(31)32-16-22(28)18-12-14-21(15-13-18)27-24(30)20-10-6-3-7-11-20/h2-15,17H,16H2,1H3,(H,26,29)(H,27,30)/t17-/m0/s1. The molecule has 0 unspecified atom stereocenters. The van der Waals surface area contributed by atoms with Crippen LogP contribution in [0.3, 0.4) is 0 Å². The molecule has 0 heterocycles. The van der Waals surface area contributed by atoms with Gasteiger partial charge in [-0.1, -0.05) is 36.4 Å². The van der Waals surface area contributed by atoms with Crippen molar-refractivity contribution < 1.29 is 23.9 Å². The maximum absolute atomic E-state index is 12.3. The summed E-state index contributed by atoms with van der Waals surface area (Å²) in [5.74, 6) is -1.78. The smallest absolute Gasteiger partial charge is 0.328 e. The Balaban J connectivity index is 1.48. The van der Waals surface area contributed by atoms with Crippen molar-refractivity contribution >= 4 is 29.3 Å². The van der Waals surface area contributed by atoms with E-state index in [4.69, 9.17) is 4.74 Å². The van der Waals surface area contributed by atoms with Crippen molar-refractivity contribution in [1.82, 2.24) is 5.32 Å². The van der Waals surface area contributed by atoms with Gasteiger partial charge in [-0.2, -0.15) is 0 Å². The zero-order valence-electron chi connectivity index (χ0n) is 17.4. The average Bonchev–Trinajstić information content (AvgIpc) is 2.83. The predicted octanol–water partition coefficient (Wildman–Crippen LogP) is 3.48. The van der Waals surface area contributed by atoms with E-state index in [0.29, 0.717) is 22.4 Å². The van der Waals surface area contributed by atoms with Crippen molar-refractivity contribution in [3.05, 3.63) is 102 Å². The first kappa shape index (κ1) is 22.4. The molecular formula is C25H22N2O5. The molecule has 0 aliphatic heterocycles. The SMILES string of the molecule is C[C@H](NC(=O)c1ccccc1)C(=O)OCC(=O)c1ccc(NC(=O)c2ccccc2)cc1. The molecule has 3 aromatic carbocycles. The highest BCUT2D eigenvalue weighted by molar-refractivity contribution is 6.05. The Morgan fingerprint density at radius 2 is 1.25 bits per heavy atom. The number of anilines is 1. The largest absolute Gasteiger partial charge is 0.456 e. The molecule has 0 aromatic heterocycles. The van der Waals surface area contributed by atoms with Crippen LogP contribution in [0.15, 0.2) is 84.9 Å². The Labute approximate surface area is 185 Å². The minimum Gasteiger partial charge on any atom is -0.456 e. The van der Waals surface area contributed by atoms with Gasteiger partial charge in [-0.3, -0.25) is 14.4 Å². The summed E-state index contributed by atoms with van der Waals surface area (Å²) >= 11 is 0. The third-order valence-corrected chi connectivity index (χ3v) is 4.58. The fourth-order valence-electron chi connectivity index (χ4n) is 2.81. The third-order valence-electron chi connectivity index (χ3n) is 4.58. The first-order valence-electron chi connectivity index (χ1n) is 9.96. The van der Waals surface area contributed by atoms with Crippen molar-refractivity contribution in [2.45, 2.75) is 13.0 Å². The first-order chi connectivity index (χ1) is 15.4. The van der Waals surface area contributed by atoms with Crippen LogP contribution in [0.1, 0.15) is 38.0 Å². The molecule has 2 amide bonds. The molecule has 0 aliphatic carbocycles. The molecule has 0 radical (unpaired) electrons. The molecule has 162 valence electrons. The molecular weight excluding hydrogens is 408 g/mol. The number of hydrogen-bond acceptors (Lipinski definition) is 5. The van der Waals surface area contributed by atoms with E-state index in [-0.39, 0.29) is 5.91 Å². The van der Waals surface area contributed by atoms with Crippen molar-refractivity contribution in [2.75, 3.05) is 11.9 Å². The van der Waals surface area contributed by atoms with Crippen LogP contribution in [0.4, 0.5) is 5.69 Å². The van der Waals surface area contributed by atoms with Crippen LogP contribution < -0.4 is 10.6 Å². The number of rotatable bonds is 8. The average molecular weight is 430 g/mol. The summed E-state index contributed by atoms with van der Waals surface area (Å²) in [6, 6.07) is 22.6. The van der Waals surface area contributed by atoms with Gasteiger partial charge in [0.1, 0.15) is 6.04 Å². The van der Waals surface area contributed by atoms with E-state index < -0.39 is 30.3 Å². The predicted molar refractivity (Wildman–Crippen MR) is 119 cm³/mol. The van der Waals surface area contributed by atoms with Crippen LogP contribution in [-0.2, 0) is 9.53 Å². The topological polar surface area (TPSA) is 102 Å². The number of carbonyl (C=O) groups is 4. The fraction of sp³-hybridized carbons (Fsp3) is 0.120. The van der Waals surface area contributed by atoms with Gasteiger partial charge >= 0.3 is 5.97 Å². The number of esters is 1. The monoisotopic (exact) mass is 430 g/mol. The van der Waals surface area contributed by atoms with Gasteiger partial charge in [0.05, 0.1) is 0 Å². The molecule has 32 heavy (non-hydrogen) atoms. The molecule has 0 spiro atoms. The number of Topliss-reactive ketones (excluding diaryl/α,β-unsaturated/α-hetero) is 1. The summed E-state index contributed by atoms with van der Waals surface area (Å²) in [6.07, 6.45) is 0. The second-order valence-corrected chi connectivity index (χ2v) is 6.99. The van der Waals surface area contributed by atoms with Gasteiger partial charge in [0.25, 0.3) is 11.8 Å². The number of amides is 2. The number of nitrogens with one attached hydrogen (secondary N) is 2. The first-order valence-corrected chi connectivity index (χ1v) is 9.96. The Morgan fingerprint density at radius 3 is 1.81 bits per heavy atom. The van der Waals surface area contributed by atoms with Crippen LogP contribution in [0, 0.1) is 0 Å². The van der Waals surface area contributed by atoms with Crippen molar-refractivity contribution in [3.8, 4) is 0 Å². The summed E-state index contributed by atoms with van der Waals surface area (Å²) < 4.78 is 5.04. The van der Waals surface area contributed by atoms with Crippen LogP contribution in [-0.4, -0.2) is 36.2 Å². The second kappa shape index (κ2) is 10.7. The lowest BCUT2D eigenvalue weighted by atomic mass is 10.1. The quantitative estimate of drug-likeness (QED) is 0.421. The molecule has 7 heteroatoms. The van der Waals surface area contributed by atoms with Gasteiger partial charge in [0.2, 0.25) is 0 Å². The maximum Gasteiger partial charge on any atom is 0.328 e. The number of hydrogen-bond donors (Lipinski definition) is 2. The molecule has 3 aromatic rings. The minimum atomic E-state index is -0.911. The highest BCUT2D eigenvalue weighted by Crippen LogP contribution is 2.12. The van der Waals surface area contributed by atoms with Gasteiger partial charge in [-0.15, -0.1) is 0 Å². The highest BCUT2D eigenvalue weighted by atomic mass is 16.5.